The summed E-state index contributed by atoms with van der Waals surface area (Å²) in [7, 11) is -9.90. The molecule has 0 aromatic rings. The molecule has 0 saturated heterocycles. The molecule has 510 valence electrons. The highest BCUT2D eigenvalue weighted by molar-refractivity contribution is 7.47. The Morgan fingerprint density at radius 3 is 0.826 bits per heavy atom. The highest BCUT2D eigenvalue weighted by Gasteiger charge is 2.30. The Kier molecular flexibility index (Phi) is 55.7. The smallest absolute Gasteiger partial charge is 0.462 e. The zero-order valence-electron chi connectivity index (χ0n) is 55.9. The average Bonchev–Trinajstić information content (AvgIpc) is 3.67. The van der Waals surface area contributed by atoms with Gasteiger partial charge in [-0.25, -0.2) is 9.13 Å². The number of phosphoric acid groups is 2. The number of ether oxygens (including phenoxy) is 4. The SMILES string of the molecule is CCC(C)CCCCCCCCC(=O)OC[C@H](COP(=O)(O)OC[C@H](O)COP(=O)(O)OC[C@@H](COC(=O)CCCCCCCCCCCCC(C)C)OC(=O)CCCCCCCCC(C)CC)OC(=O)CCCCCCCCCCCCC(C)C. The summed E-state index contributed by atoms with van der Waals surface area (Å²) in [6.45, 7) is 14.0. The molecule has 0 fully saturated rings. The van der Waals surface area contributed by atoms with Crippen LogP contribution in [0.4, 0.5) is 0 Å². The van der Waals surface area contributed by atoms with Gasteiger partial charge in [0.1, 0.15) is 19.3 Å². The van der Waals surface area contributed by atoms with Crippen molar-refractivity contribution in [1.82, 2.24) is 0 Å². The summed E-state index contributed by atoms with van der Waals surface area (Å²) < 4.78 is 68.1. The zero-order chi connectivity index (χ0) is 63.9. The Bertz CT molecular complexity index is 1720. The van der Waals surface area contributed by atoms with Crippen molar-refractivity contribution in [2.24, 2.45) is 23.7 Å². The Morgan fingerprint density at radius 2 is 0.558 bits per heavy atom. The van der Waals surface area contributed by atoms with Crippen molar-refractivity contribution >= 4 is 39.5 Å². The molecular weight excluding hydrogens is 1140 g/mol. The molecule has 0 aliphatic heterocycles. The van der Waals surface area contributed by atoms with Crippen LogP contribution in [0.5, 0.6) is 0 Å². The Balaban J connectivity index is 5.26. The lowest BCUT2D eigenvalue weighted by Gasteiger charge is -2.21. The minimum atomic E-state index is -4.95. The zero-order valence-corrected chi connectivity index (χ0v) is 57.7. The van der Waals surface area contributed by atoms with Crippen molar-refractivity contribution in [1.29, 1.82) is 0 Å². The molecule has 0 bridgehead atoms. The number of hydrogen-bond donors (Lipinski definition) is 3. The van der Waals surface area contributed by atoms with E-state index in [0.717, 1.165) is 120 Å². The van der Waals surface area contributed by atoms with Gasteiger partial charge in [0.2, 0.25) is 0 Å². The number of aliphatic hydroxyl groups is 1. The highest BCUT2D eigenvalue weighted by Crippen LogP contribution is 2.45. The number of aliphatic hydroxyl groups excluding tert-OH is 1. The first-order valence-corrected chi connectivity index (χ1v) is 37.8. The maximum atomic E-state index is 13.0. The molecule has 0 aliphatic carbocycles. The molecule has 0 aromatic carbocycles. The van der Waals surface area contributed by atoms with E-state index in [9.17, 15) is 43.2 Å². The lowest BCUT2D eigenvalue weighted by atomic mass is 10.00. The maximum absolute atomic E-state index is 13.0. The molecule has 4 unspecified atom stereocenters. The fourth-order valence-electron chi connectivity index (χ4n) is 9.89. The first-order valence-electron chi connectivity index (χ1n) is 34.8. The van der Waals surface area contributed by atoms with Crippen molar-refractivity contribution in [3.63, 3.8) is 0 Å². The molecular formula is C67H130O17P2. The van der Waals surface area contributed by atoms with Crippen LogP contribution in [0, 0.1) is 23.7 Å². The summed E-state index contributed by atoms with van der Waals surface area (Å²) in [6.07, 6.45) is 37.6. The van der Waals surface area contributed by atoms with Gasteiger partial charge in [0, 0.05) is 25.7 Å². The largest absolute Gasteiger partial charge is 0.472 e. The highest BCUT2D eigenvalue weighted by atomic mass is 31.2. The van der Waals surface area contributed by atoms with Gasteiger partial charge in [-0.05, 0) is 49.4 Å². The van der Waals surface area contributed by atoms with E-state index in [1.165, 1.54) is 122 Å². The number of unbranched alkanes of at least 4 members (excludes halogenated alkanes) is 28. The van der Waals surface area contributed by atoms with Crippen LogP contribution in [0.1, 0.15) is 325 Å². The van der Waals surface area contributed by atoms with Crippen LogP contribution in [0.15, 0.2) is 0 Å². The van der Waals surface area contributed by atoms with Gasteiger partial charge in [-0.15, -0.1) is 0 Å². The first kappa shape index (κ1) is 84.1. The number of carbonyl (C=O) groups is 4. The third-order valence-corrected chi connectivity index (χ3v) is 17.9. The molecule has 7 atom stereocenters. The summed E-state index contributed by atoms with van der Waals surface area (Å²) in [6, 6.07) is 0. The second-order valence-corrected chi connectivity index (χ2v) is 28.6. The predicted octanol–water partition coefficient (Wildman–Crippen LogP) is 18.5. The second kappa shape index (κ2) is 57.0. The van der Waals surface area contributed by atoms with Crippen LogP contribution in [0.3, 0.4) is 0 Å². The molecule has 86 heavy (non-hydrogen) atoms. The Hall–Kier alpha value is -1.94. The van der Waals surface area contributed by atoms with E-state index in [0.29, 0.717) is 25.7 Å². The number of phosphoric ester groups is 2. The average molecular weight is 1270 g/mol. The quantitative estimate of drug-likeness (QED) is 0.0222. The van der Waals surface area contributed by atoms with Crippen LogP contribution in [0.2, 0.25) is 0 Å². The molecule has 0 amide bonds. The topological polar surface area (TPSA) is 237 Å². The maximum Gasteiger partial charge on any atom is 0.472 e. The van der Waals surface area contributed by atoms with Crippen LogP contribution in [-0.2, 0) is 65.4 Å². The monoisotopic (exact) mass is 1270 g/mol. The minimum absolute atomic E-state index is 0.102. The summed E-state index contributed by atoms with van der Waals surface area (Å²) in [4.78, 5) is 72.4. The normalized spacial score (nSPS) is 15.0. The summed E-state index contributed by atoms with van der Waals surface area (Å²) in [5, 5.41) is 10.6. The Morgan fingerprint density at radius 1 is 0.326 bits per heavy atom. The van der Waals surface area contributed by atoms with E-state index >= 15 is 0 Å². The van der Waals surface area contributed by atoms with E-state index in [-0.39, 0.29) is 25.7 Å². The molecule has 17 nitrogen and oxygen atoms in total. The molecule has 0 aliphatic rings. The number of esters is 4. The van der Waals surface area contributed by atoms with Crippen molar-refractivity contribution in [2.75, 3.05) is 39.6 Å². The number of hydrogen-bond acceptors (Lipinski definition) is 15. The number of carbonyl (C=O) groups excluding carboxylic acids is 4. The van der Waals surface area contributed by atoms with Crippen LogP contribution in [-0.4, -0.2) is 96.7 Å². The van der Waals surface area contributed by atoms with Gasteiger partial charge < -0.3 is 33.8 Å². The summed E-state index contributed by atoms with van der Waals surface area (Å²) >= 11 is 0. The molecule has 0 heterocycles. The van der Waals surface area contributed by atoms with Crippen LogP contribution < -0.4 is 0 Å². The van der Waals surface area contributed by atoms with Crippen molar-refractivity contribution in [2.45, 2.75) is 343 Å². The predicted molar refractivity (Wildman–Crippen MR) is 344 cm³/mol. The van der Waals surface area contributed by atoms with Crippen molar-refractivity contribution < 1.29 is 80.2 Å². The Labute approximate surface area is 524 Å². The van der Waals surface area contributed by atoms with Gasteiger partial charge >= 0.3 is 39.5 Å². The molecule has 3 N–H and O–H groups in total. The third kappa shape index (κ3) is 58.4. The summed E-state index contributed by atoms with van der Waals surface area (Å²) in [5.74, 6) is 0.825. The van der Waals surface area contributed by atoms with Crippen LogP contribution in [0.25, 0.3) is 0 Å². The first-order chi connectivity index (χ1) is 41.2. The second-order valence-electron chi connectivity index (χ2n) is 25.6. The van der Waals surface area contributed by atoms with Gasteiger partial charge in [-0.2, -0.15) is 0 Å². The molecule has 19 heteroatoms. The number of rotatable bonds is 64. The third-order valence-electron chi connectivity index (χ3n) is 16.0. The molecule has 0 radical (unpaired) electrons. The van der Waals surface area contributed by atoms with Crippen molar-refractivity contribution in [3.05, 3.63) is 0 Å². The van der Waals surface area contributed by atoms with Gasteiger partial charge in [0.05, 0.1) is 26.4 Å². The van der Waals surface area contributed by atoms with Crippen LogP contribution >= 0.6 is 15.6 Å². The molecule has 0 aromatic heterocycles. The van der Waals surface area contributed by atoms with E-state index in [1.807, 2.05) is 0 Å². The lowest BCUT2D eigenvalue weighted by Crippen LogP contribution is -2.30. The van der Waals surface area contributed by atoms with E-state index in [2.05, 4.69) is 55.4 Å². The van der Waals surface area contributed by atoms with E-state index in [4.69, 9.17) is 37.0 Å². The van der Waals surface area contributed by atoms with E-state index in [1.54, 1.807) is 0 Å². The molecule has 0 rings (SSSR count). The van der Waals surface area contributed by atoms with Gasteiger partial charge in [0.15, 0.2) is 12.2 Å². The lowest BCUT2D eigenvalue weighted by molar-refractivity contribution is -0.161. The molecule has 0 saturated carbocycles. The molecule has 0 spiro atoms. The summed E-state index contributed by atoms with van der Waals surface area (Å²) in [5.41, 5.74) is 0. The van der Waals surface area contributed by atoms with Gasteiger partial charge in [-0.1, -0.05) is 274 Å². The van der Waals surface area contributed by atoms with Crippen molar-refractivity contribution in [3.8, 4) is 0 Å². The fourth-order valence-corrected chi connectivity index (χ4v) is 11.5. The fraction of sp³-hybridized carbons (Fsp3) is 0.940. The van der Waals surface area contributed by atoms with E-state index < -0.39 is 97.5 Å². The standard InChI is InChI=1S/C67H130O17P2/c1-9-59(7)45-37-29-23-25-32-40-48-65(70)78-54-62(83-66(71)49-41-33-22-18-14-12-16-20-28-36-44-58(5)6)55-81-85(73,74)79-51-61(68)52-80-86(75,76)82-56-63(84-67(72)50-42-34-26-24-30-38-46-60(8)10-2)53-77-64(69)47-39-31-21-17-13-11-15-19-27-35-43-57(3)4/h57-63,68H,9-56H2,1-8H3,(H,73,74)(H,75,76)/t59?,60?,61-,62+,63+/m0/s1. The van der Waals surface area contributed by atoms with Gasteiger partial charge in [-0.3, -0.25) is 37.3 Å². The minimum Gasteiger partial charge on any atom is -0.462 e. The van der Waals surface area contributed by atoms with Gasteiger partial charge in [0.25, 0.3) is 0 Å².